The van der Waals surface area contributed by atoms with Crippen LogP contribution in [0.1, 0.15) is 50.4 Å². The molecule has 0 unspecified atom stereocenters. The fourth-order valence-corrected chi connectivity index (χ4v) is 4.04. The third-order valence-corrected chi connectivity index (χ3v) is 5.55. The third kappa shape index (κ3) is 3.77. The monoisotopic (exact) mass is 436 g/mol. The Kier molecular flexibility index (Phi) is 6.03. The first-order chi connectivity index (χ1) is 15.5. The van der Waals surface area contributed by atoms with Crippen molar-refractivity contribution in [3.05, 3.63) is 63.9 Å². The smallest absolute Gasteiger partial charge is 0.291 e. The van der Waals surface area contributed by atoms with Gasteiger partial charge in [-0.15, -0.1) is 0 Å². The van der Waals surface area contributed by atoms with Gasteiger partial charge in [0.25, 0.3) is 5.56 Å². The number of aryl methyl sites for hydroxylation is 2. The first-order valence-corrected chi connectivity index (χ1v) is 11.0. The number of amides is 1. The molecule has 4 aromatic rings. The van der Waals surface area contributed by atoms with Gasteiger partial charge in [-0.3, -0.25) is 14.0 Å². The van der Waals surface area contributed by atoms with E-state index in [2.05, 4.69) is 10.4 Å². The fourth-order valence-electron chi connectivity index (χ4n) is 4.04. The summed E-state index contributed by atoms with van der Waals surface area (Å²) in [6.45, 7) is 8.48. The highest BCUT2D eigenvalue weighted by Gasteiger charge is 2.24. The second kappa shape index (κ2) is 8.90. The number of nitrogens with zero attached hydrogens (tertiary/aromatic N) is 3. The number of aromatic nitrogens is 3. The van der Waals surface area contributed by atoms with E-state index in [-0.39, 0.29) is 11.5 Å². The quantitative estimate of drug-likeness (QED) is 0.454. The summed E-state index contributed by atoms with van der Waals surface area (Å²) < 4.78 is 14.5. The van der Waals surface area contributed by atoms with Gasteiger partial charge in [-0.25, -0.2) is 4.68 Å². The molecule has 0 fully saturated rings. The number of hydrogen-bond donors (Lipinski definition) is 1. The number of hydrogen-bond acceptors (Lipinski definition) is 5. The fraction of sp³-hybridized carbons (Fsp3) is 0.375. The minimum atomic E-state index is -0.722. The number of benzene rings is 1. The molecule has 1 N–H and O–H groups in total. The lowest BCUT2D eigenvalue weighted by Gasteiger charge is -2.19. The Balaban J connectivity index is 1.68. The second-order valence-corrected chi connectivity index (χ2v) is 7.67. The average Bonchev–Trinajstić information content (AvgIpc) is 3.32. The summed E-state index contributed by atoms with van der Waals surface area (Å²) >= 11 is 0. The lowest BCUT2D eigenvalue weighted by molar-refractivity contribution is -0.125. The van der Waals surface area contributed by atoms with Crippen LogP contribution in [-0.4, -0.2) is 26.7 Å². The Hall–Kier alpha value is -3.55. The molecular formula is C24H28N4O4. The van der Waals surface area contributed by atoms with E-state index in [1.807, 2.05) is 62.4 Å². The van der Waals surface area contributed by atoms with Crippen LogP contribution in [-0.2, 0) is 17.8 Å². The highest BCUT2D eigenvalue weighted by Crippen LogP contribution is 2.24. The second-order valence-electron chi connectivity index (χ2n) is 7.67. The Morgan fingerprint density at radius 2 is 1.97 bits per heavy atom. The van der Waals surface area contributed by atoms with Crippen LogP contribution in [0, 0.1) is 6.92 Å². The lowest BCUT2D eigenvalue weighted by Crippen LogP contribution is -2.39. The van der Waals surface area contributed by atoms with Gasteiger partial charge in [-0.2, -0.15) is 5.10 Å². The molecule has 32 heavy (non-hydrogen) atoms. The molecule has 0 aliphatic rings. The van der Waals surface area contributed by atoms with Crippen LogP contribution in [0.2, 0.25) is 0 Å². The zero-order valence-electron chi connectivity index (χ0n) is 18.8. The summed E-state index contributed by atoms with van der Waals surface area (Å²) in [5.41, 5.74) is 2.47. The minimum absolute atomic E-state index is 0.258. The molecule has 1 aromatic carbocycles. The van der Waals surface area contributed by atoms with Crippen molar-refractivity contribution in [2.45, 2.75) is 53.1 Å². The average molecular weight is 437 g/mol. The normalized spacial score (nSPS) is 12.4. The first-order valence-electron chi connectivity index (χ1n) is 11.0. The Morgan fingerprint density at radius 3 is 2.69 bits per heavy atom. The molecule has 168 valence electrons. The van der Waals surface area contributed by atoms with Crippen LogP contribution in [0.25, 0.3) is 16.6 Å². The zero-order valence-corrected chi connectivity index (χ0v) is 18.8. The van der Waals surface area contributed by atoms with Crippen molar-refractivity contribution < 1.29 is 13.9 Å². The SMILES string of the molecule is CCOc1ccccc1CNC(=O)[C@H](CC)n1nc(CC)n2c(cc3oc(C)cc32)c1=O. The molecule has 0 saturated heterocycles. The van der Waals surface area contributed by atoms with Crippen molar-refractivity contribution in [3.8, 4) is 5.75 Å². The molecule has 1 atom stereocenters. The maximum Gasteiger partial charge on any atom is 0.291 e. The van der Waals surface area contributed by atoms with Gasteiger partial charge in [-0.1, -0.05) is 32.0 Å². The predicted molar refractivity (Wildman–Crippen MR) is 122 cm³/mol. The highest BCUT2D eigenvalue weighted by molar-refractivity contribution is 5.84. The standard InChI is InChI=1S/C24H28N4O4/c1-5-17(23(29)25-14-16-10-8-9-11-20(16)31-7-3)28-24(30)19-13-21-18(12-15(4)32-21)27(19)22(6-2)26-28/h8-13,17H,5-7,14H2,1-4H3,(H,25,29)/t17-/m0/s1. The van der Waals surface area contributed by atoms with Crippen molar-refractivity contribution in [1.29, 1.82) is 0 Å². The van der Waals surface area contributed by atoms with Crippen molar-refractivity contribution in [1.82, 2.24) is 19.5 Å². The molecule has 3 aromatic heterocycles. The van der Waals surface area contributed by atoms with Crippen molar-refractivity contribution in [2.75, 3.05) is 6.61 Å². The van der Waals surface area contributed by atoms with Crippen LogP contribution >= 0.6 is 0 Å². The number of nitrogens with one attached hydrogen (secondary N) is 1. The van der Waals surface area contributed by atoms with Crippen LogP contribution in [0.4, 0.5) is 0 Å². The molecule has 8 nitrogen and oxygen atoms in total. The van der Waals surface area contributed by atoms with E-state index in [9.17, 15) is 9.59 Å². The molecule has 0 saturated carbocycles. The van der Waals surface area contributed by atoms with E-state index in [4.69, 9.17) is 9.15 Å². The largest absolute Gasteiger partial charge is 0.494 e. The number of rotatable bonds is 8. The van der Waals surface area contributed by atoms with Crippen LogP contribution < -0.4 is 15.6 Å². The molecule has 0 bridgehead atoms. The minimum Gasteiger partial charge on any atom is -0.494 e. The molecule has 0 aliphatic heterocycles. The molecule has 8 heteroatoms. The summed E-state index contributed by atoms with van der Waals surface area (Å²) in [5.74, 6) is 1.95. The zero-order chi connectivity index (χ0) is 22.8. The molecular weight excluding hydrogens is 408 g/mol. The number of ether oxygens (including phenoxy) is 1. The number of furan rings is 1. The lowest BCUT2D eigenvalue weighted by atomic mass is 10.1. The van der Waals surface area contributed by atoms with Crippen LogP contribution in [0.15, 0.2) is 45.6 Å². The van der Waals surface area contributed by atoms with E-state index >= 15 is 0 Å². The van der Waals surface area contributed by atoms with Gasteiger partial charge >= 0.3 is 0 Å². The van der Waals surface area contributed by atoms with Gasteiger partial charge in [0.05, 0.1) is 12.1 Å². The van der Waals surface area contributed by atoms with Crippen LogP contribution in [0.3, 0.4) is 0 Å². The maximum atomic E-state index is 13.3. The van der Waals surface area contributed by atoms with E-state index in [1.165, 1.54) is 4.68 Å². The predicted octanol–water partition coefficient (Wildman–Crippen LogP) is 3.78. The van der Waals surface area contributed by atoms with Gasteiger partial charge in [0.2, 0.25) is 5.91 Å². The summed E-state index contributed by atoms with van der Waals surface area (Å²) in [5, 5.41) is 7.53. The van der Waals surface area contributed by atoms with E-state index in [0.29, 0.717) is 42.9 Å². The van der Waals surface area contributed by atoms with E-state index < -0.39 is 6.04 Å². The Morgan fingerprint density at radius 1 is 1.19 bits per heavy atom. The van der Waals surface area contributed by atoms with Gasteiger partial charge in [-0.05, 0) is 26.3 Å². The number of carbonyl (C=O) groups is 1. The summed E-state index contributed by atoms with van der Waals surface area (Å²) in [7, 11) is 0. The Bertz CT molecular complexity index is 1330. The number of para-hydroxylation sites is 1. The van der Waals surface area contributed by atoms with Gasteiger partial charge in [0.1, 0.15) is 28.9 Å². The number of carbonyl (C=O) groups excluding carboxylic acids is 1. The van der Waals surface area contributed by atoms with E-state index in [0.717, 1.165) is 22.6 Å². The molecule has 0 aliphatic carbocycles. The summed E-state index contributed by atoms with van der Waals surface area (Å²) in [4.78, 5) is 26.4. The third-order valence-electron chi connectivity index (χ3n) is 5.55. The molecule has 1 amide bonds. The first kappa shape index (κ1) is 21.7. The van der Waals surface area contributed by atoms with Crippen molar-refractivity contribution >= 4 is 22.5 Å². The summed E-state index contributed by atoms with van der Waals surface area (Å²) in [6, 6.07) is 10.5. The number of fused-ring (bicyclic) bond motifs is 3. The van der Waals surface area contributed by atoms with Gasteiger partial charge in [0, 0.05) is 30.7 Å². The van der Waals surface area contributed by atoms with Crippen molar-refractivity contribution in [2.24, 2.45) is 0 Å². The van der Waals surface area contributed by atoms with Crippen molar-refractivity contribution in [3.63, 3.8) is 0 Å². The molecule has 4 rings (SSSR count). The van der Waals surface area contributed by atoms with E-state index in [1.54, 1.807) is 6.07 Å². The topological polar surface area (TPSA) is 90.8 Å². The molecule has 3 heterocycles. The van der Waals surface area contributed by atoms with Gasteiger partial charge in [0.15, 0.2) is 5.58 Å². The maximum absolute atomic E-state index is 13.3. The molecule has 0 spiro atoms. The van der Waals surface area contributed by atoms with Crippen LogP contribution in [0.5, 0.6) is 5.75 Å². The molecule has 0 radical (unpaired) electrons. The highest BCUT2D eigenvalue weighted by atomic mass is 16.5. The summed E-state index contributed by atoms with van der Waals surface area (Å²) in [6.07, 6.45) is 1.03. The van der Waals surface area contributed by atoms with Gasteiger partial charge < -0.3 is 14.5 Å². The Labute approximate surface area is 185 Å².